The van der Waals surface area contributed by atoms with Crippen LogP contribution in [0, 0.1) is 0 Å². The molecule has 5 nitrogen and oxygen atoms in total. The highest BCUT2D eigenvalue weighted by molar-refractivity contribution is 4.90. The first-order valence-electron chi connectivity index (χ1n) is 6.23. The molecule has 2 aliphatic heterocycles. The van der Waals surface area contributed by atoms with Gasteiger partial charge in [0.2, 0.25) is 0 Å². The Hall–Kier alpha value is -0.940. The van der Waals surface area contributed by atoms with Crippen molar-refractivity contribution < 1.29 is 0 Å². The van der Waals surface area contributed by atoms with E-state index in [0.29, 0.717) is 6.04 Å². The lowest BCUT2D eigenvalue weighted by Gasteiger charge is -2.35. The summed E-state index contributed by atoms with van der Waals surface area (Å²) in [7, 11) is 0. The molecule has 0 aromatic carbocycles. The zero-order chi connectivity index (χ0) is 10.8. The molecule has 0 saturated carbocycles. The number of nitrogens with one attached hydrogen (secondary N) is 2. The number of aromatic nitrogens is 3. The number of rotatable bonds is 3. The van der Waals surface area contributed by atoms with Gasteiger partial charge < -0.3 is 10.2 Å². The average molecular weight is 221 g/mol. The number of hydrogen-bond acceptors (Lipinski definition) is 4. The molecule has 5 heteroatoms. The fraction of sp³-hybridized carbons (Fsp3) is 0.818. The van der Waals surface area contributed by atoms with E-state index in [1.165, 1.54) is 38.8 Å². The minimum atomic E-state index is 0.657. The standard InChI is InChI=1S/C11H19N5/c1-2-10-6-9(3-5-16(10)4-1)12-7-11-13-8-14-15-11/h8-10,12H,1-7H2,(H,13,14,15). The van der Waals surface area contributed by atoms with Crippen molar-refractivity contribution in [2.45, 2.75) is 44.3 Å². The normalized spacial score (nSPS) is 30.5. The Morgan fingerprint density at radius 2 is 2.44 bits per heavy atom. The summed E-state index contributed by atoms with van der Waals surface area (Å²) >= 11 is 0. The highest BCUT2D eigenvalue weighted by Gasteiger charge is 2.31. The van der Waals surface area contributed by atoms with E-state index in [1.807, 2.05) is 0 Å². The van der Waals surface area contributed by atoms with Crippen LogP contribution in [0.4, 0.5) is 0 Å². The van der Waals surface area contributed by atoms with Crippen LogP contribution in [0.3, 0.4) is 0 Å². The Balaban J connectivity index is 1.49. The van der Waals surface area contributed by atoms with Crippen LogP contribution in [0.15, 0.2) is 6.33 Å². The second-order valence-corrected chi connectivity index (χ2v) is 4.87. The predicted octanol–water partition coefficient (Wildman–Crippen LogP) is 0.521. The van der Waals surface area contributed by atoms with Crippen molar-refractivity contribution in [3.05, 3.63) is 12.2 Å². The first kappa shape index (κ1) is 10.2. The molecule has 2 N–H and O–H groups in total. The van der Waals surface area contributed by atoms with E-state index >= 15 is 0 Å². The zero-order valence-electron chi connectivity index (χ0n) is 9.52. The lowest BCUT2D eigenvalue weighted by molar-refractivity contribution is 0.166. The molecule has 2 unspecified atom stereocenters. The van der Waals surface area contributed by atoms with Crippen LogP contribution >= 0.6 is 0 Å². The summed E-state index contributed by atoms with van der Waals surface area (Å²) in [6.45, 7) is 3.40. The second-order valence-electron chi connectivity index (χ2n) is 4.87. The van der Waals surface area contributed by atoms with E-state index in [-0.39, 0.29) is 0 Å². The molecule has 2 saturated heterocycles. The highest BCUT2D eigenvalue weighted by atomic mass is 15.2. The van der Waals surface area contributed by atoms with Gasteiger partial charge in [-0.1, -0.05) is 0 Å². The summed E-state index contributed by atoms with van der Waals surface area (Å²) in [5.41, 5.74) is 0. The van der Waals surface area contributed by atoms with Gasteiger partial charge in [0.1, 0.15) is 12.2 Å². The largest absolute Gasteiger partial charge is 0.307 e. The van der Waals surface area contributed by atoms with E-state index in [9.17, 15) is 0 Å². The van der Waals surface area contributed by atoms with Crippen molar-refractivity contribution in [2.75, 3.05) is 13.1 Å². The van der Waals surface area contributed by atoms with Crippen LogP contribution in [-0.2, 0) is 6.54 Å². The van der Waals surface area contributed by atoms with Gasteiger partial charge in [0.25, 0.3) is 0 Å². The topological polar surface area (TPSA) is 56.8 Å². The number of piperidine rings is 1. The molecule has 88 valence electrons. The molecule has 1 aromatic heterocycles. The van der Waals surface area contributed by atoms with Gasteiger partial charge in [0, 0.05) is 12.1 Å². The maximum absolute atomic E-state index is 4.13. The molecule has 0 bridgehead atoms. The monoisotopic (exact) mass is 221 g/mol. The number of H-pyrrole nitrogens is 1. The molecule has 3 heterocycles. The smallest absolute Gasteiger partial charge is 0.138 e. The van der Waals surface area contributed by atoms with Gasteiger partial charge in [-0.3, -0.25) is 5.10 Å². The Morgan fingerprint density at radius 3 is 3.31 bits per heavy atom. The Labute approximate surface area is 95.6 Å². The van der Waals surface area contributed by atoms with Gasteiger partial charge in [-0.15, -0.1) is 0 Å². The Morgan fingerprint density at radius 1 is 1.44 bits per heavy atom. The third-order valence-corrected chi connectivity index (χ3v) is 3.84. The lowest BCUT2D eigenvalue weighted by Crippen LogP contribution is -2.45. The zero-order valence-corrected chi connectivity index (χ0v) is 9.52. The molecular formula is C11H19N5. The third-order valence-electron chi connectivity index (χ3n) is 3.84. The number of fused-ring (bicyclic) bond motifs is 1. The van der Waals surface area contributed by atoms with Crippen LogP contribution in [0.25, 0.3) is 0 Å². The SMILES string of the molecule is c1n[nH]c(CNC2CCN3CCCC3C2)n1. The summed E-state index contributed by atoms with van der Waals surface area (Å²) in [4.78, 5) is 6.77. The number of nitrogens with zero attached hydrogens (tertiary/aromatic N) is 3. The fourth-order valence-corrected chi connectivity index (χ4v) is 2.97. The quantitative estimate of drug-likeness (QED) is 0.781. The van der Waals surface area contributed by atoms with Crippen LogP contribution in [0.2, 0.25) is 0 Å². The van der Waals surface area contributed by atoms with Gasteiger partial charge in [-0.05, 0) is 38.8 Å². The van der Waals surface area contributed by atoms with E-state index in [2.05, 4.69) is 25.4 Å². The molecule has 2 atom stereocenters. The molecule has 16 heavy (non-hydrogen) atoms. The maximum Gasteiger partial charge on any atom is 0.138 e. The first-order valence-corrected chi connectivity index (χ1v) is 6.23. The van der Waals surface area contributed by atoms with Crippen LogP contribution in [0.1, 0.15) is 31.5 Å². The predicted molar refractivity (Wildman–Crippen MR) is 60.8 cm³/mol. The lowest BCUT2D eigenvalue weighted by atomic mass is 9.98. The van der Waals surface area contributed by atoms with E-state index in [4.69, 9.17) is 0 Å². The van der Waals surface area contributed by atoms with Gasteiger partial charge in [-0.25, -0.2) is 4.98 Å². The van der Waals surface area contributed by atoms with Crippen molar-refractivity contribution in [3.63, 3.8) is 0 Å². The minimum Gasteiger partial charge on any atom is -0.307 e. The minimum absolute atomic E-state index is 0.657. The fourth-order valence-electron chi connectivity index (χ4n) is 2.97. The second kappa shape index (κ2) is 4.51. The Kier molecular flexibility index (Phi) is 2.88. The van der Waals surface area contributed by atoms with Crippen molar-refractivity contribution in [3.8, 4) is 0 Å². The van der Waals surface area contributed by atoms with Crippen LogP contribution in [-0.4, -0.2) is 45.3 Å². The summed E-state index contributed by atoms with van der Waals surface area (Å²) in [6, 6.07) is 1.49. The van der Waals surface area contributed by atoms with Crippen molar-refractivity contribution in [1.82, 2.24) is 25.4 Å². The van der Waals surface area contributed by atoms with E-state index in [0.717, 1.165) is 18.4 Å². The highest BCUT2D eigenvalue weighted by Crippen LogP contribution is 2.26. The summed E-state index contributed by atoms with van der Waals surface area (Å²) in [5, 5.41) is 10.3. The molecule has 0 spiro atoms. The number of aromatic amines is 1. The Bertz CT molecular complexity index is 323. The average Bonchev–Trinajstić information content (AvgIpc) is 2.97. The molecule has 1 aromatic rings. The van der Waals surface area contributed by atoms with E-state index in [1.54, 1.807) is 6.33 Å². The van der Waals surface area contributed by atoms with Gasteiger partial charge in [0.05, 0.1) is 6.54 Å². The molecule has 2 fully saturated rings. The van der Waals surface area contributed by atoms with Gasteiger partial charge in [-0.2, -0.15) is 5.10 Å². The molecule has 3 rings (SSSR count). The van der Waals surface area contributed by atoms with Crippen LogP contribution in [0.5, 0.6) is 0 Å². The molecule has 0 radical (unpaired) electrons. The summed E-state index contributed by atoms with van der Waals surface area (Å²) in [5.74, 6) is 0.939. The van der Waals surface area contributed by atoms with Crippen LogP contribution < -0.4 is 5.32 Å². The molecule has 2 aliphatic rings. The van der Waals surface area contributed by atoms with Gasteiger partial charge >= 0.3 is 0 Å². The van der Waals surface area contributed by atoms with Crippen molar-refractivity contribution >= 4 is 0 Å². The summed E-state index contributed by atoms with van der Waals surface area (Å²) < 4.78 is 0. The maximum atomic E-state index is 4.13. The van der Waals surface area contributed by atoms with Crippen molar-refractivity contribution in [2.24, 2.45) is 0 Å². The molecular weight excluding hydrogens is 202 g/mol. The summed E-state index contributed by atoms with van der Waals surface area (Å²) in [6.07, 6.45) is 6.91. The molecule has 0 aliphatic carbocycles. The first-order chi connectivity index (χ1) is 7.92. The van der Waals surface area contributed by atoms with Gasteiger partial charge in [0.15, 0.2) is 0 Å². The number of hydrogen-bond donors (Lipinski definition) is 2. The van der Waals surface area contributed by atoms with Crippen molar-refractivity contribution in [1.29, 1.82) is 0 Å². The molecule has 0 amide bonds. The third kappa shape index (κ3) is 2.10. The van der Waals surface area contributed by atoms with E-state index < -0.39 is 0 Å².